The van der Waals surface area contributed by atoms with Crippen LogP contribution >= 0.6 is 0 Å². The Balaban J connectivity index is 2.15. The van der Waals surface area contributed by atoms with Crippen LogP contribution in [0.1, 0.15) is 12.0 Å². The Hall–Kier alpha value is -2.49. The average Bonchev–Trinajstić information content (AvgIpc) is 2.71. The fraction of sp³-hybridized carbons (Fsp3) is 0.0714. The molecule has 18 heavy (non-hydrogen) atoms. The van der Waals surface area contributed by atoms with Crippen molar-refractivity contribution in [3.05, 3.63) is 48.1 Å². The Morgan fingerprint density at radius 3 is 2.17 bits per heavy atom. The molecule has 0 fully saturated rings. The molecule has 0 atom stereocenters. The lowest BCUT2D eigenvalue weighted by atomic mass is 10.1. The number of aldehydes is 1. The molecule has 0 saturated heterocycles. The molecule has 1 heterocycles. The maximum absolute atomic E-state index is 11.4. The number of allylic oxidation sites excluding steroid dienone is 1. The third kappa shape index (κ3) is 2.43. The zero-order valence-corrected chi connectivity index (χ0v) is 9.58. The minimum atomic E-state index is -0.329. The molecular formula is C14H11NO3. The summed E-state index contributed by atoms with van der Waals surface area (Å²) in [6, 6.07) is 6.97. The number of nitrogens with zero attached hydrogens (tertiary/aromatic N) is 1. The van der Waals surface area contributed by atoms with Crippen molar-refractivity contribution in [2.24, 2.45) is 0 Å². The topological polar surface area (TPSA) is 54.5 Å². The molecule has 1 aromatic rings. The molecule has 0 aliphatic carbocycles. The largest absolute Gasteiger partial charge is 0.303 e. The molecule has 0 saturated carbocycles. The van der Waals surface area contributed by atoms with Gasteiger partial charge in [0.2, 0.25) is 0 Å². The highest BCUT2D eigenvalue weighted by Gasteiger charge is 2.24. The second-order valence-corrected chi connectivity index (χ2v) is 3.74. The normalized spacial score (nSPS) is 14.8. The third-order valence-electron chi connectivity index (χ3n) is 2.50. The molecule has 0 bridgehead atoms. The van der Waals surface area contributed by atoms with Crippen LogP contribution in [0.3, 0.4) is 0 Å². The summed E-state index contributed by atoms with van der Waals surface area (Å²) in [4.78, 5) is 34.2. The van der Waals surface area contributed by atoms with Gasteiger partial charge in [0.25, 0.3) is 11.8 Å². The number of benzene rings is 1. The Morgan fingerprint density at radius 2 is 1.61 bits per heavy atom. The molecule has 4 heteroatoms. The average molecular weight is 241 g/mol. The van der Waals surface area contributed by atoms with E-state index in [1.54, 1.807) is 30.3 Å². The summed E-state index contributed by atoms with van der Waals surface area (Å²) in [5.74, 6) is -0.659. The number of anilines is 1. The summed E-state index contributed by atoms with van der Waals surface area (Å²) in [5, 5.41) is 0. The van der Waals surface area contributed by atoms with E-state index in [2.05, 4.69) is 0 Å². The van der Waals surface area contributed by atoms with Crippen molar-refractivity contribution < 1.29 is 14.4 Å². The SMILES string of the molecule is O=CCC=Cc1ccc(N2C(=O)C=CC2=O)cc1. The molecule has 1 aromatic carbocycles. The van der Waals surface area contributed by atoms with Crippen molar-refractivity contribution in [1.29, 1.82) is 0 Å². The zero-order chi connectivity index (χ0) is 13.0. The number of hydrogen-bond acceptors (Lipinski definition) is 3. The fourth-order valence-electron chi connectivity index (χ4n) is 1.65. The van der Waals surface area contributed by atoms with Gasteiger partial charge in [-0.05, 0) is 17.7 Å². The Labute approximate surface area is 104 Å². The van der Waals surface area contributed by atoms with Crippen LogP contribution in [-0.4, -0.2) is 18.1 Å². The number of carbonyl (C=O) groups is 3. The summed E-state index contributed by atoms with van der Waals surface area (Å²) >= 11 is 0. The van der Waals surface area contributed by atoms with E-state index < -0.39 is 0 Å². The number of rotatable bonds is 4. The van der Waals surface area contributed by atoms with Gasteiger partial charge < -0.3 is 4.79 Å². The van der Waals surface area contributed by atoms with E-state index in [-0.39, 0.29) is 11.8 Å². The summed E-state index contributed by atoms with van der Waals surface area (Å²) in [7, 11) is 0. The number of hydrogen-bond donors (Lipinski definition) is 0. The van der Waals surface area contributed by atoms with Gasteiger partial charge in [0.1, 0.15) is 6.29 Å². The van der Waals surface area contributed by atoms with Crippen LogP contribution in [0.5, 0.6) is 0 Å². The van der Waals surface area contributed by atoms with Crippen LogP contribution in [0.4, 0.5) is 5.69 Å². The third-order valence-corrected chi connectivity index (χ3v) is 2.50. The van der Waals surface area contributed by atoms with Gasteiger partial charge in [-0.1, -0.05) is 24.3 Å². The molecule has 0 N–H and O–H groups in total. The van der Waals surface area contributed by atoms with E-state index >= 15 is 0 Å². The molecule has 4 nitrogen and oxygen atoms in total. The van der Waals surface area contributed by atoms with Crippen molar-refractivity contribution in [1.82, 2.24) is 0 Å². The van der Waals surface area contributed by atoms with Gasteiger partial charge in [-0.25, -0.2) is 4.90 Å². The predicted octanol–water partition coefficient (Wildman–Crippen LogP) is 1.72. The van der Waals surface area contributed by atoms with Crippen LogP contribution in [0, 0.1) is 0 Å². The van der Waals surface area contributed by atoms with E-state index in [0.717, 1.165) is 16.7 Å². The summed E-state index contributed by atoms with van der Waals surface area (Å²) in [6.45, 7) is 0. The second-order valence-electron chi connectivity index (χ2n) is 3.74. The molecule has 0 unspecified atom stereocenters. The summed E-state index contributed by atoms with van der Waals surface area (Å²) in [5.41, 5.74) is 1.45. The van der Waals surface area contributed by atoms with Crippen molar-refractivity contribution in [2.45, 2.75) is 6.42 Å². The molecule has 0 spiro atoms. The number of amides is 2. The summed E-state index contributed by atoms with van der Waals surface area (Å²) < 4.78 is 0. The van der Waals surface area contributed by atoms with Crippen molar-refractivity contribution in [3.8, 4) is 0 Å². The van der Waals surface area contributed by atoms with Gasteiger partial charge in [0, 0.05) is 18.6 Å². The minimum Gasteiger partial charge on any atom is -0.303 e. The van der Waals surface area contributed by atoms with Crippen LogP contribution in [0.25, 0.3) is 6.08 Å². The highest BCUT2D eigenvalue weighted by Crippen LogP contribution is 2.19. The lowest BCUT2D eigenvalue weighted by Gasteiger charge is -2.13. The lowest BCUT2D eigenvalue weighted by Crippen LogP contribution is -2.29. The molecule has 0 radical (unpaired) electrons. The van der Waals surface area contributed by atoms with Crippen LogP contribution < -0.4 is 4.90 Å². The van der Waals surface area contributed by atoms with Crippen LogP contribution in [0.2, 0.25) is 0 Å². The standard InChI is InChI=1S/C14H11NO3/c16-10-2-1-3-11-4-6-12(7-5-11)15-13(17)8-9-14(15)18/h1,3-10H,2H2. The van der Waals surface area contributed by atoms with Gasteiger partial charge in [-0.3, -0.25) is 9.59 Å². The van der Waals surface area contributed by atoms with E-state index in [9.17, 15) is 14.4 Å². The smallest absolute Gasteiger partial charge is 0.258 e. The highest BCUT2D eigenvalue weighted by atomic mass is 16.2. The van der Waals surface area contributed by atoms with Crippen LogP contribution in [0.15, 0.2) is 42.5 Å². The van der Waals surface area contributed by atoms with E-state index in [1.807, 2.05) is 6.08 Å². The molecule has 1 aliphatic heterocycles. The van der Waals surface area contributed by atoms with E-state index in [0.29, 0.717) is 12.1 Å². The first-order valence-corrected chi connectivity index (χ1v) is 5.49. The van der Waals surface area contributed by atoms with E-state index in [1.165, 1.54) is 12.2 Å². The van der Waals surface area contributed by atoms with Gasteiger partial charge in [0.05, 0.1) is 5.69 Å². The predicted molar refractivity (Wildman–Crippen MR) is 67.8 cm³/mol. The van der Waals surface area contributed by atoms with Crippen LogP contribution in [-0.2, 0) is 14.4 Å². The molecular weight excluding hydrogens is 230 g/mol. The van der Waals surface area contributed by atoms with Gasteiger partial charge in [-0.15, -0.1) is 0 Å². The quantitative estimate of drug-likeness (QED) is 0.595. The monoisotopic (exact) mass is 241 g/mol. The minimum absolute atomic E-state index is 0.329. The Bertz CT molecular complexity index is 523. The van der Waals surface area contributed by atoms with Crippen molar-refractivity contribution in [2.75, 3.05) is 4.90 Å². The molecule has 90 valence electrons. The molecule has 0 aromatic heterocycles. The maximum atomic E-state index is 11.4. The highest BCUT2D eigenvalue weighted by molar-refractivity contribution is 6.28. The molecule has 2 rings (SSSR count). The molecule has 1 aliphatic rings. The lowest BCUT2D eigenvalue weighted by molar-refractivity contribution is -0.120. The Kier molecular flexibility index (Phi) is 3.48. The number of imide groups is 1. The van der Waals surface area contributed by atoms with Crippen molar-refractivity contribution >= 4 is 29.9 Å². The Morgan fingerprint density at radius 1 is 1.00 bits per heavy atom. The molecule has 2 amide bonds. The van der Waals surface area contributed by atoms with Gasteiger partial charge >= 0.3 is 0 Å². The maximum Gasteiger partial charge on any atom is 0.258 e. The van der Waals surface area contributed by atoms with Gasteiger partial charge in [0.15, 0.2) is 0 Å². The first-order valence-electron chi connectivity index (χ1n) is 5.49. The van der Waals surface area contributed by atoms with E-state index in [4.69, 9.17) is 0 Å². The zero-order valence-electron chi connectivity index (χ0n) is 9.58. The first kappa shape index (κ1) is 12.0. The number of carbonyl (C=O) groups excluding carboxylic acids is 3. The fourth-order valence-corrected chi connectivity index (χ4v) is 1.65. The van der Waals surface area contributed by atoms with Crippen molar-refractivity contribution in [3.63, 3.8) is 0 Å². The summed E-state index contributed by atoms with van der Waals surface area (Å²) in [6.07, 6.45) is 7.24. The second kappa shape index (κ2) is 5.23. The first-order chi connectivity index (χ1) is 8.72. The van der Waals surface area contributed by atoms with Gasteiger partial charge in [-0.2, -0.15) is 0 Å².